The second-order valence-electron chi connectivity index (χ2n) is 5.40. The minimum Gasteiger partial charge on any atom is -0.484 e. The zero-order valence-corrected chi connectivity index (χ0v) is 14.1. The summed E-state index contributed by atoms with van der Waals surface area (Å²) in [6.07, 6.45) is 0.792. The van der Waals surface area contributed by atoms with E-state index in [1.165, 1.54) is 5.56 Å². The van der Waals surface area contributed by atoms with Gasteiger partial charge in [0.2, 0.25) is 0 Å². The zero-order valence-electron chi connectivity index (χ0n) is 13.4. The lowest BCUT2D eigenvalue weighted by Crippen LogP contribution is -2.30. The van der Waals surface area contributed by atoms with Crippen LogP contribution >= 0.6 is 11.6 Å². The van der Waals surface area contributed by atoms with E-state index in [0.717, 1.165) is 12.1 Å². The highest BCUT2D eigenvalue weighted by Crippen LogP contribution is 2.15. The van der Waals surface area contributed by atoms with Crippen molar-refractivity contribution in [3.63, 3.8) is 0 Å². The maximum atomic E-state index is 11.7. The maximum absolute atomic E-state index is 11.7. The molecule has 4 nitrogen and oxygen atoms in total. The summed E-state index contributed by atoms with van der Waals surface area (Å²) >= 11 is 5.79. The first kappa shape index (κ1) is 17.2. The van der Waals surface area contributed by atoms with E-state index in [1.54, 1.807) is 24.3 Å². The molecule has 0 fully saturated rings. The average molecular weight is 333 g/mol. The number of anilines is 1. The highest BCUT2D eigenvalue weighted by molar-refractivity contribution is 6.30. The van der Waals surface area contributed by atoms with Gasteiger partial charge in [0.1, 0.15) is 5.75 Å². The fourth-order valence-electron chi connectivity index (χ4n) is 2.04. The Morgan fingerprint density at radius 3 is 2.35 bits per heavy atom. The molecule has 0 bridgehead atoms. The lowest BCUT2D eigenvalue weighted by molar-refractivity contribution is -0.123. The number of carbonyl (C=O) groups excluding carboxylic acids is 1. The number of hydrogen-bond acceptors (Lipinski definition) is 3. The van der Waals surface area contributed by atoms with Gasteiger partial charge in [0.05, 0.1) is 0 Å². The number of amides is 1. The first-order chi connectivity index (χ1) is 11.0. The Labute approximate surface area is 142 Å². The van der Waals surface area contributed by atoms with E-state index in [2.05, 4.69) is 34.5 Å². The van der Waals surface area contributed by atoms with Crippen molar-refractivity contribution in [2.45, 2.75) is 6.42 Å². The molecule has 0 atom stereocenters. The SMILES string of the molecule is CN(C)c1ccc(CCNC(=O)COc2ccc(Cl)cc2)cc1. The molecule has 2 aromatic rings. The normalized spacial score (nSPS) is 10.2. The Balaban J connectivity index is 1.69. The molecule has 0 saturated carbocycles. The molecule has 0 aliphatic carbocycles. The van der Waals surface area contributed by atoms with Gasteiger partial charge in [-0.3, -0.25) is 4.79 Å². The smallest absolute Gasteiger partial charge is 0.257 e. The monoisotopic (exact) mass is 332 g/mol. The molecule has 1 N–H and O–H groups in total. The quantitative estimate of drug-likeness (QED) is 0.847. The standard InChI is InChI=1S/C18H21ClN2O2/c1-21(2)16-7-3-14(4-8-16)11-12-20-18(22)13-23-17-9-5-15(19)6-10-17/h3-10H,11-13H2,1-2H3,(H,20,22). The van der Waals surface area contributed by atoms with E-state index in [4.69, 9.17) is 16.3 Å². The van der Waals surface area contributed by atoms with Crippen molar-refractivity contribution < 1.29 is 9.53 Å². The first-order valence-corrected chi connectivity index (χ1v) is 7.84. The van der Waals surface area contributed by atoms with Crippen molar-refractivity contribution in [1.82, 2.24) is 5.32 Å². The number of nitrogens with zero attached hydrogens (tertiary/aromatic N) is 1. The minimum absolute atomic E-state index is 0.00119. The molecule has 23 heavy (non-hydrogen) atoms. The Kier molecular flexibility index (Phi) is 6.29. The second kappa shape index (κ2) is 8.44. The van der Waals surface area contributed by atoms with Crippen molar-refractivity contribution in [1.29, 1.82) is 0 Å². The third-order valence-electron chi connectivity index (χ3n) is 3.37. The Morgan fingerprint density at radius 2 is 1.74 bits per heavy atom. The number of nitrogens with one attached hydrogen (secondary N) is 1. The Hall–Kier alpha value is -2.20. The van der Waals surface area contributed by atoms with Crippen molar-refractivity contribution in [3.05, 3.63) is 59.1 Å². The summed E-state index contributed by atoms with van der Waals surface area (Å²) in [6, 6.07) is 15.2. The maximum Gasteiger partial charge on any atom is 0.257 e. The van der Waals surface area contributed by atoms with Crippen molar-refractivity contribution in [2.24, 2.45) is 0 Å². The largest absolute Gasteiger partial charge is 0.484 e. The van der Waals surface area contributed by atoms with Crippen molar-refractivity contribution in [3.8, 4) is 5.75 Å². The molecule has 0 aliphatic rings. The molecule has 0 heterocycles. The van der Waals surface area contributed by atoms with Gasteiger partial charge >= 0.3 is 0 Å². The second-order valence-corrected chi connectivity index (χ2v) is 5.84. The topological polar surface area (TPSA) is 41.6 Å². The molecule has 0 saturated heterocycles. The van der Waals surface area contributed by atoms with Gasteiger partial charge in [-0.05, 0) is 48.4 Å². The number of hydrogen-bond donors (Lipinski definition) is 1. The number of benzene rings is 2. The molecule has 0 spiro atoms. The van der Waals surface area contributed by atoms with Gasteiger partial charge in [-0.25, -0.2) is 0 Å². The van der Waals surface area contributed by atoms with Crippen LogP contribution < -0.4 is 15.0 Å². The average Bonchev–Trinajstić information content (AvgIpc) is 2.55. The van der Waals surface area contributed by atoms with Gasteiger partial charge in [-0.1, -0.05) is 23.7 Å². The van der Waals surface area contributed by atoms with Gasteiger partial charge in [-0.15, -0.1) is 0 Å². The number of halogens is 1. The molecule has 2 aromatic carbocycles. The predicted molar refractivity (Wildman–Crippen MR) is 94.4 cm³/mol. The summed E-state index contributed by atoms with van der Waals surface area (Å²) in [5.74, 6) is 0.494. The van der Waals surface area contributed by atoms with E-state index in [9.17, 15) is 4.79 Å². The van der Waals surface area contributed by atoms with Crippen LogP contribution in [0.25, 0.3) is 0 Å². The minimum atomic E-state index is -0.134. The first-order valence-electron chi connectivity index (χ1n) is 7.46. The zero-order chi connectivity index (χ0) is 16.7. The highest BCUT2D eigenvalue weighted by Gasteiger charge is 2.03. The van der Waals surface area contributed by atoms with E-state index in [1.807, 2.05) is 14.1 Å². The summed E-state index contributed by atoms with van der Waals surface area (Å²) in [5, 5.41) is 3.49. The van der Waals surface area contributed by atoms with Crippen molar-refractivity contribution >= 4 is 23.2 Å². The van der Waals surface area contributed by atoms with Gasteiger partial charge in [0.15, 0.2) is 6.61 Å². The summed E-state index contributed by atoms with van der Waals surface area (Å²) < 4.78 is 5.39. The van der Waals surface area contributed by atoms with Crippen molar-refractivity contribution in [2.75, 3.05) is 32.1 Å². The molecule has 0 unspecified atom stereocenters. The molecular formula is C18H21ClN2O2. The summed E-state index contributed by atoms with van der Waals surface area (Å²) in [4.78, 5) is 13.8. The van der Waals surface area contributed by atoms with Crippen LogP contribution in [0.1, 0.15) is 5.56 Å². The molecule has 0 aromatic heterocycles. The van der Waals surface area contributed by atoms with E-state index < -0.39 is 0 Å². The molecule has 0 aliphatic heterocycles. The number of rotatable bonds is 7. The fraction of sp³-hybridized carbons (Fsp3) is 0.278. The van der Waals surface area contributed by atoms with E-state index in [-0.39, 0.29) is 12.5 Å². The van der Waals surface area contributed by atoms with Crippen LogP contribution in [0.15, 0.2) is 48.5 Å². The van der Waals surface area contributed by atoms with Gasteiger partial charge < -0.3 is 15.0 Å². The lowest BCUT2D eigenvalue weighted by atomic mass is 10.1. The van der Waals surface area contributed by atoms with Crippen LogP contribution in [0.3, 0.4) is 0 Å². The van der Waals surface area contributed by atoms with Gasteiger partial charge in [0, 0.05) is 31.4 Å². The molecule has 0 radical (unpaired) electrons. The molecule has 1 amide bonds. The van der Waals surface area contributed by atoms with Crippen LogP contribution in [-0.2, 0) is 11.2 Å². The number of ether oxygens (including phenoxy) is 1. The van der Waals surface area contributed by atoms with E-state index in [0.29, 0.717) is 17.3 Å². The molecule has 5 heteroatoms. The Bertz CT molecular complexity index is 624. The van der Waals surface area contributed by atoms with Crippen LogP contribution in [-0.4, -0.2) is 33.2 Å². The summed E-state index contributed by atoms with van der Waals surface area (Å²) in [7, 11) is 4.02. The lowest BCUT2D eigenvalue weighted by Gasteiger charge is -2.12. The van der Waals surface area contributed by atoms with E-state index >= 15 is 0 Å². The molecule has 122 valence electrons. The third kappa shape index (κ3) is 5.83. The summed E-state index contributed by atoms with van der Waals surface area (Å²) in [5.41, 5.74) is 2.35. The van der Waals surface area contributed by atoms with Crippen LogP contribution in [0.5, 0.6) is 5.75 Å². The molecular weight excluding hydrogens is 312 g/mol. The Morgan fingerprint density at radius 1 is 1.09 bits per heavy atom. The van der Waals surface area contributed by atoms with Gasteiger partial charge in [0.25, 0.3) is 5.91 Å². The summed E-state index contributed by atoms with van der Waals surface area (Å²) in [6.45, 7) is 0.589. The third-order valence-corrected chi connectivity index (χ3v) is 3.62. The van der Waals surface area contributed by atoms with Crippen LogP contribution in [0, 0.1) is 0 Å². The number of carbonyl (C=O) groups is 1. The van der Waals surface area contributed by atoms with Gasteiger partial charge in [-0.2, -0.15) is 0 Å². The molecule has 2 rings (SSSR count). The fourth-order valence-corrected chi connectivity index (χ4v) is 2.16. The van der Waals surface area contributed by atoms with Crippen LogP contribution in [0.4, 0.5) is 5.69 Å². The van der Waals surface area contributed by atoms with Crippen LogP contribution in [0.2, 0.25) is 5.02 Å². The highest BCUT2D eigenvalue weighted by atomic mass is 35.5. The predicted octanol–water partition coefficient (Wildman–Crippen LogP) is 3.14.